The number of carbonyl (C=O) groups is 3. The van der Waals surface area contributed by atoms with E-state index in [4.69, 9.17) is 4.74 Å². The summed E-state index contributed by atoms with van der Waals surface area (Å²) in [6, 6.07) is 2.99. The van der Waals surface area contributed by atoms with E-state index in [1.807, 2.05) is 13.2 Å². The number of aryl methyl sites for hydroxylation is 1. The second-order valence-electron chi connectivity index (χ2n) is 9.35. The summed E-state index contributed by atoms with van der Waals surface area (Å²) in [6.07, 6.45) is 4.86. The van der Waals surface area contributed by atoms with Crippen LogP contribution in [0.2, 0.25) is 0 Å². The summed E-state index contributed by atoms with van der Waals surface area (Å²) in [5.41, 5.74) is 0.430. The number of aromatic hydroxyl groups is 1. The second-order valence-corrected chi connectivity index (χ2v) is 10.3. The van der Waals surface area contributed by atoms with Crippen LogP contribution in [0, 0.1) is 6.92 Å². The third-order valence-corrected chi connectivity index (χ3v) is 5.78. The molecule has 0 saturated carbocycles. The van der Waals surface area contributed by atoms with Gasteiger partial charge in [-0.2, -0.15) is 11.8 Å². The number of alkyl carbamates (subject to hydrolysis) is 1. The Kier molecular flexibility index (Phi) is 12.7. The van der Waals surface area contributed by atoms with Crippen molar-refractivity contribution < 1.29 is 24.2 Å². The van der Waals surface area contributed by atoms with Crippen molar-refractivity contribution in [2.24, 2.45) is 0 Å². The summed E-state index contributed by atoms with van der Waals surface area (Å²) in [4.78, 5) is 41.1. The summed E-state index contributed by atoms with van der Waals surface area (Å²) >= 11 is 1.55. The van der Waals surface area contributed by atoms with E-state index in [9.17, 15) is 19.5 Å². The first-order chi connectivity index (χ1) is 16.4. The van der Waals surface area contributed by atoms with Gasteiger partial charge in [-0.3, -0.25) is 9.59 Å². The molecule has 0 saturated heterocycles. The molecule has 0 aliphatic carbocycles. The molecule has 35 heavy (non-hydrogen) atoms. The number of unbranched alkanes of at least 4 members (excludes halogenated alkanes) is 1. The molecule has 0 radical (unpaired) electrons. The van der Waals surface area contributed by atoms with Gasteiger partial charge >= 0.3 is 6.09 Å². The molecule has 2 unspecified atom stereocenters. The maximum absolute atomic E-state index is 13.8. The van der Waals surface area contributed by atoms with E-state index in [2.05, 4.69) is 17.2 Å². The predicted molar refractivity (Wildman–Crippen MR) is 142 cm³/mol. The van der Waals surface area contributed by atoms with Gasteiger partial charge in [-0.1, -0.05) is 25.5 Å². The maximum atomic E-state index is 13.8. The highest BCUT2D eigenvalue weighted by molar-refractivity contribution is 7.98. The van der Waals surface area contributed by atoms with Crippen LogP contribution in [0.25, 0.3) is 0 Å². The lowest BCUT2D eigenvalue weighted by Gasteiger charge is -2.34. The van der Waals surface area contributed by atoms with Gasteiger partial charge in [0.05, 0.1) is 0 Å². The number of nitrogens with zero attached hydrogens (tertiary/aromatic N) is 1. The van der Waals surface area contributed by atoms with Crippen molar-refractivity contribution in [2.45, 2.75) is 71.6 Å². The van der Waals surface area contributed by atoms with E-state index < -0.39 is 29.7 Å². The second kappa shape index (κ2) is 14.7. The first-order valence-electron chi connectivity index (χ1n) is 11.9. The first kappa shape index (κ1) is 30.4. The van der Waals surface area contributed by atoms with Gasteiger partial charge in [-0.05, 0) is 75.8 Å². The van der Waals surface area contributed by atoms with E-state index in [1.165, 1.54) is 11.0 Å². The Morgan fingerprint density at radius 3 is 2.51 bits per heavy atom. The Morgan fingerprint density at radius 2 is 1.97 bits per heavy atom. The van der Waals surface area contributed by atoms with Crippen LogP contribution in [0.1, 0.15) is 64.1 Å². The van der Waals surface area contributed by atoms with Crippen molar-refractivity contribution in [1.82, 2.24) is 15.5 Å². The van der Waals surface area contributed by atoms with Crippen LogP contribution >= 0.6 is 11.8 Å². The maximum Gasteiger partial charge on any atom is 0.408 e. The monoisotopic (exact) mass is 507 g/mol. The quantitative estimate of drug-likeness (QED) is 0.271. The highest BCUT2D eigenvalue weighted by atomic mass is 32.2. The fourth-order valence-corrected chi connectivity index (χ4v) is 3.88. The molecule has 1 aromatic rings. The van der Waals surface area contributed by atoms with Crippen molar-refractivity contribution >= 4 is 29.7 Å². The van der Waals surface area contributed by atoms with Crippen LogP contribution < -0.4 is 10.6 Å². The van der Waals surface area contributed by atoms with Crippen molar-refractivity contribution in [1.29, 1.82) is 0 Å². The zero-order valence-corrected chi connectivity index (χ0v) is 22.7. The molecule has 9 heteroatoms. The molecular weight excluding hydrogens is 466 g/mol. The molecule has 0 aromatic heterocycles. The normalized spacial score (nSPS) is 12.9. The van der Waals surface area contributed by atoms with Gasteiger partial charge in [-0.25, -0.2) is 4.79 Å². The minimum absolute atomic E-state index is 0.0936. The third kappa shape index (κ3) is 10.2. The van der Waals surface area contributed by atoms with Crippen LogP contribution in [0.15, 0.2) is 30.9 Å². The number of phenols is 1. The zero-order valence-electron chi connectivity index (χ0n) is 21.8. The summed E-state index contributed by atoms with van der Waals surface area (Å²) in [5, 5.41) is 15.6. The lowest BCUT2D eigenvalue weighted by Crippen LogP contribution is -2.53. The lowest BCUT2D eigenvalue weighted by molar-refractivity contribution is -0.141. The van der Waals surface area contributed by atoms with Crippen molar-refractivity contribution in [2.75, 3.05) is 25.1 Å². The van der Waals surface area contributed by atoms with Crippen LogP contribution in [-0.4, -0.2) is 64.7 Å². The Labute approximate surface area is 213 Å². The fourth-order valence-electron chi connectivity index (χ4n) is 3.41. The molecule has 0 aliphatic rings. The van der Waals surface area contributed by atoms with E-state index in [1.54, 1.807) is 57.7 Å². The van der Waals surface area contributed by atoms with Gasteiger partial charge in [0.25, 0.3) is 0 Å². The highest BCUT2D eigenvalue weighted by Crippen LogP contribution is 2.27. The van der Waals surface area contributed by atoms with E-state index in [0.717, 1.165) is 12.8 Å². The molecule has 3 amide bonds. The summed E-state index contributed by atoms with van der Waals surface area (Å²) in [5.74, 6) is -0.0180. The molecule has 0 bridgehead atoms. The van der Waals surface area contributed by atoms with Gasteiger partial charge in [0.2, 0.25) is 11.8 Å². The fraction of sp³-hybridized carbons (Fsp3) is 0.577. The molecule has 8 nitrogen and oxygen atoms in total. The number of nitrogens with one attached hydrogen (secondary N) is 2. The molecule has 2 atom stereocenters. The molecule has 0 fully saturated rings. The van der Waals surface area contributed by atoms with Crippen LogP contribution in [-0.2, 0) is 14.3 Å². The van der Waals surface area contributed by atoms with E-state index in [-0.39, 0.29) is 18.2 Å². The number of rotatable bonds is 13. The van der Waals surface area contributed by atoms with Gasteiger partial charge < -0.3 is 25.4 Å². The number of amides is 3. The predicted octanol–water partition coefficient (Wildman–Crippen LogP) is 4.32. The van der Waals surface area contributed by atoms with Crippen LogP contribution in [0.4, 0.5) is 4.79 Å². The SMILES string of the molecule is C=CCN(C(=O)C(CCSC)NC(=O)OC(C)(C)C)C(C(=O)NCCCC)c1ccc(O)c(C)c1. The smallest absolute Gasteiger partial charge is 0.408 e. The number of ether oxygens (including phenoxy) is 1. The number of hydrogen-bond acceptors (Lipinski definition) is 6. The molecule has 1 rings (SSSR count). The zero-order chi connectivity index (χ0) is 26.6. The number of thioether (sulfide) groups is 1. The van der Waals surface area contributed by atoms with E-state index >= 15 is 0 Å². The van der Waals surface area contributed by atoms with Crippen molar-refractivity contribution in [3.05, 3.63) is 42.0 Å². The average Bonchev–Trinajstić information content (AvgIpc) is 2.77. The minimum atomic E-state index is -0.964. The van der Waals surface area contributed by atoms with Gasteiger partial charge in [0.15, 0.2) is 0 Å². The molecular formula is C26H41N3O5S. The molecule has 0 spiro atoms. The molecule has 0 aliphatic heterocycles. The number of phenolic OH excluding ortho intramolecular Hbond substituents is 1. The van der Waals surface area contributed by atoms with Gasteiger partial charge in [-0.15, -0.1) is 6.58 Å². The Morgan fingerprint density at radius 1 is 1.29 bits per heavy atom. The molecule has 1 aromatic carbocycles. The Hall–Kier alpha value is -2.68. The third-order valence-electron chi connectivity index (χ3n) is 5.13. The van der Waals surface area contributed by atoms with E-state index in [0.29, 0.717) is 29.8 Å². The van der Waals surface area contributed by atoms with Crippen LogP contribution in [0.3, 0.4) is 0 Å². The molecule has 0 heterocycles. The van der Waals surface area contributed by atoms with Gasteiger partial charge in [0, 0.05) is 13.1 Å². The number of benzene rings is 1. The summed E-state index contributed by atoms with van der Waals surface area (Å²) < 4.78 is 5.37. The summed E-state index contributed by atoms with van der Waals surface area (Å²) in [6.45, 7) is 13.4. The summed E-state index contributed by atoms with van der Waals surface area (Å²) in [7, 11) is 0. The van der Waals surface area contributed by atoms with Crippen molar-refractivity contribution in [3.8, 4) is 5.75 Å². The topological polar surface area (TPSA) is 108 Å². The van der Waals surface area contributed by atoms with Crippen molar-refractivity contribution in [3.63, 3.8) is 0 Å². The first-order valence-corrected chi connectivity index (χ1v) is 13.3. The Bertz CT molecular complexity index is 869. The highest BCUT2D eigenvalue weighted by Gasteiger charge is 2.35. The lowest BCUT2D eigenvalue weighted by atomic mass is 10.00. The van der Waals surface area contributed by atoms with Crippen LogP contribution in [0.5, 0.6) is 5.75 Å². The van der Waals surface area contributed by atoms with Gasteiger partial charge in [0.1, 0.15) is 23.4 Å². The molecule has 3 N–H and O–H groups in total. The Balaban J connectivity index is 3.40. The number of hydrogen-bond donors (Lipinski definition) is 3. The number of carbonyl (C=O) groups excluding carboxylic acids is 3. The standard InChI is InChI=1S/C26H41N3O5S/c1-8-10-14-27-23(31)22(19-11-12-21(30)18(3)17-19)29(15-9-2)24(32)20(13-16-35-7)28-25(33)34-26(4,5)6/h9,11-12,17,20,22,30H,2,8,10,13-16H2,1,3-7H3,(H,27,31)(H,28,33). The average molecular weight is 508 g/mol. The largest absolute Gasteiger partial charge is 0.508 e. The minimum Gasteiger partial charge on any atom is -0.508 e. The molecule has 196 valence electrons.